The average Bonchev–Trinajstić information content (AvgIpc) is 1.62. The first kappa shape index (κ1) is 7.97. The molecule has 0 heterocycles. The van der Waals surface area contributed by atoms with Crippen LogP contribution < -0.4 is 0 Å². The summed E-state index contributed by atoms with van der Waals surface area (Å²) in [5.74, 6) is 0. The molecule has 2 heteroatoms. The molecule has 0 amide bonds. The molecular weight excluding hydrogens is 119 g/mol. The molecule has 0 aromatic carbocycles. The van der Waals surface area contributed by atoms with Gasteiger partial charge in [0.25, 0.3) is 0 Å². The predicted octanol–water partition coefficient (Wildman–Crippen LogP) is 1.28. The molecule has 0 aliphatic rings. The maximum Gasteiger partial charge on any atom is 0.145 e. The molecule has 0 bridgehead atoms. The van der Waals surface area contributed by atoms with E-state index in [1.165, 1.54) is 0 Å². The normalized spacial score (nSPS) is 11.0. The number of carbonyl (C=O) groups excluding carboxylic acids is 1. The second-order valence-electron chi connectivity index (χ2n) is 2.77. The highest BCUT2D eigenvalue weighted by Gasteiger charge is 1.97. The molecule has 0 spiro atoms. The summed E-state index contributed by atoms with van der Waals surface area (Å²) in [5, 5.41) is 1.01. The maximum atomic E-state index is 10.1. The van der Waals surface area contributed by atoms with E-state index >= 15 is 0 Å². The van der Waals surface area contributed by atoms with Gasteiger partial charge in [-0.3, -0.25) is 4.79 Å². The lowest BCUT2D eigenvalue weighted by Gasteiger charge is -2.07. The first-order valence-electron chi connectivity index (χ1n) is 2.59. The third kappa shape index (κ3) is 2.32. The number of hydrogen-bond donors (Lipinski definition) is 0. The molecule has 0 fully saturated rings. The summed E-state index contributed by atoms with van der Waals surface area (Å²) in [6.07, 6.45) is 0.966. The van der Waals surface area contributed by atoms with Crippen LogP contribution in [0.4, 0.5) is 0 Å². The highest BCUT2D eigenvalue weighted by molar-refractivity contribution is 7.75. The van der Waals surface area contributed by atoms with Crippen LogP contribution >= 0.6 is 6.89 Å². The highest BCUT2D eigenvalue weighted by atomic mass is 31.2. The van der Waals surface area contributed by atoms with Gasteiger partial charge in [-0.15, -0.1) is 6.89 Å². The van der Waals surface area contributed by atoms with Crippen molar-refractivity contribution in [3.05, 3.63) is 0 Å². The zero-order valence-electron chi connectivity index (χ0n) is 5.93. The minimum atomic E-state index is -0.958. The van der Waals surface area contributed by atoms with E-state index in [1.54, 1.807) is 0 Å². The van der Waals surface area contributed by atoms with E-state index in [0.29, 0.717) is 0 Å². The zero-order valence-corrected chi connectivity index (χ0v) is 6.83. The Morgan fingerprint density at radius 1 is 1.38 bits per heavy atom. The van der Waals surface area contributed by atoms with Crippen molar-refractivity contribution in [3.63, 3.8) is 0 Å². The molecule has 0 unspecified atom stereocenters. The second-order valence-corrected chi connectivity index (χ2v) is 7.50. The maximum absolute atomic E-state index is 10.1. The number of aldehydes is 1. The molecule has 0 atom stereocenters. The Bertz CT molecular complexity index is 132. The highest BCUT2D eigenvalue weighted by Crippen LogP contribution is 2.33. The third-order valence-corrected chi connectivity index (χ3v) is 3.45. The summed E-state index contributed by atoms with van der Waals surface area (Å²) in [7, 11) is 0. The Morgan fingerprint density at radius 3 is 1.75 bits per heavy atom. The van der Waals surface area contributed by atoms with Crippen LogP contribution in [0, 0.1) is 0 Å². The third-order valence-electron chi connectivity index (χ3n) is 1.23. The van der Waals surface area contributed by atoms with Crippen molar-refractivity contribution in [2.45, 2.75) is 6.92 Å². The lowest BCUT2D eigenvalue weighted by Crippen LogP contribution is -1.94. The van der Waals surface area contributed by atoms with Gasteiger partial charge in [0.2, 0.25) is 0 Å². The fourth-order valence-corrected chi connectivity index (χ4v) is 0.474. The monoisotopic (exact) mass is 132 g/mol. The Morgan fingerprint density at radius 2 is 1.75 bits per heavy atom. The summed E-state index contributed by atoms with van der Waals surface area (Å²) in [5.41, 5.74) is 0. The number of rotatable bonds is 1. The van der Waals surface area contributed by atoms with Crippen molar-refractivity contribution in [1.82, 2.24) is 0 Å². The van der Waals surface area contributed by atoms with Crippen LogP contribution in [0.25, 0.3) is 0 Å². The Hall–Kier alpha value is -0.0300. The van der Waals surface area contributed by atoms with Crippen molar-refractivity contribution in [1.29, 1.82) is 0 Å². The fourth-order valence-electron chi connectivity index (χ4n) is 0.158. The van der Waals surface area contributed by atoms with E-state index in [4.69, 9.17) is 0 Å². The van der Waals surface area contributed by atoms with Gasteiger partial charge in [-0.2, -0.15) is 0 Å². The smallest absolute Gasteiger partial charge is 0.145 e. The van der Waals surface area contributed by atoms with Crippen LogP contribution in [-0.2, 0) is 4.79 Å². The van der Waals surface area contributed by atoms with Gasteiger partial charge >= 0.3 is 0 Å². The lowest BCUT2D eigenvalue weighted by molar-refractivity contribution is -0.102. The molecule has 0 saturated heterocycles. The van der Waals surface area contributed by atoms with E-state index in [1.807, 2.05) is 6.92 Å². The van der Waals surface area contributed by atoms with Crippen LogP contribution in [0.1, 0.15) is 6.92 Å². The molecule has 8 heavy (non-hydrogen) atoms. The van der Waals surface area contributed by atoms with E-state index in [-0.39, 0.29) is 0 Å². The second kappa shape index (κ2) is 2.50. The molecule has 0 aliphatic carbocycles. The van der Waals surface area contributed by atoms with E-state index in [2.05, 4.69) is 20.0 Å². The first-order chi connectivity index (χ1) is 3.48. The molecule has 0 rings (SSSR count). The van der Waals surface area contributed by atoms with Crippen LogP contribution in [0.2, 0.25) is 0 Å². The Kier molecular flexibility index (Phi) is 2.49. The molecule has 0 saturated carbocycles. The Balaban J connectivity index is 4.53. The van der Waals surface area contributed by atoms with Crippen LogP contribution in [0.5, 0.6) is 0 Å². The van der Waals surface area contributed by atoms with Gasteiger partial charge in [-0.05, 0) is 32.2 Å². The van der Waals surface area contributed by atoms with E-state index in [9.17, 15) is 4.79 Å². The number of carbonyl (C=O) groups is 1. The standard InChI is InChI=1S/C6H13OP/c1-6(5-7)8(2,3)4/h5H,1-4H3. The van der Waals surface area contributed by atoms with Crippen molar-refractivity contribution in [3.8, 4) is 0 Å². The van der Waals surface area contributed by atoms with Gasteiger partial charge < -0.3 is 0 Å². The van der Waals surface area contributed by atoms with Gasteiger partial charge in [0.15, 0.2) is 0 Å². The SMILES string of the molecule is CC(C=O)=P(C)(C)C. The molecule has 0 aromatic rings. The minimum Gasteiger partial charge on any atom is -0.298 e. The van der Waals surface area contributed by atoms with Crippen LogP contribution in [-0.4, -0.2) is 31.6 Å². The van der Waals surface area contributed by atoms with Crippen molar-refractivity contribution >= 4 is 18.5 Å². The molecule has 0 N–H and O–H groups in total. The molecule has 0 radical (unpaired) electrons. The lowest BCUT2D eigenvalue weighted by atomic mass is 10.6. The number of hydrogen-bond acceptors (Lipinski definition) is 1. The largest absolute Gasteiger partial charge is 0.298 e. The van der Waals surface area contributed by atoms with Crippen LogP contribution in [0.3, 0.4) is 0 Å². The van der Waals surface area contributed by atoms with Gasteiger partial charge in [-0.1, -0.05) is 0 Å². The molecule has 0 aromatic heterocycles. The van der Waals surface area contributed by atoms with Crippen molar-refractivity contribution < 1.29 is 4.79 Å². The van der Waals surface area contributed by atoms with Crippen molar-refractivity contribution in [2.24, 2.45) is 0 Å². The molecular formula is C6H13OP. The van der Waals surface area contributed by atoms with Crippen molar-refractivity contribution in [2.75, 3.05) is 20.0 Å². The predicted molar refractivity (Wildman–Crippen MR) is 41.4 cm³/mol. The average molecular weight is 132 g/mol. The summed E-state index contributed by atoms with van der Waals surface area (Å²) >= 11 is 0. The Labute approximate surface area is 51.1 Å². The molecule has 0 aliphatic heterocycles. The quantitative estimate of drug-likeness (QED) is 0.388. The molecule has 1 nitrogen and oxygen atoms in total. The fraction of sp³-hybridized carbons (Fsp3) is 0.667. The van der Waals surface area contributed by atoms with Gasteiger partial charge in [0, 0.05) is 0 Å². The van der Waals surface area contributed by atoms with Gasteiger partial charge in [-0.25, -0.2) is 0 Å². The van der Waals surface area contributed by atoms with Crippen LogP contribution in [0.15, 0.2) is 0 Å². The first-order valence-corrected chi connectivity index (χ1v) is 5.72. The van der Waals surface area contributed by atoms with E-state index < -0.39 is 6.89 Å². The zero-order chi connectivity index (χ0) is 6.78. The summed E-state index contributed by atoms with van der Waals surface area (Å²) in [4.78, 5) is 10.1. The summed E-state index contributed by atoms with van der Waals surface area (Å²) in [6, 6.07) is 0. The topological polar surface area (TPSA) is 17.1 Å². The summed E-state index contributed by atoms with van der Waals surface area (Å²) in [6.45, 7) is 7.35. The van der Waals surface area contributed by atoms with Gasteiger partial charge in [0.05, 0.1) is 0 Å². The minimum absolute atomic E-state index is 0.958. The van der Waals surface area contributed by atoms with Gasteiger partial charge in [0.1, 0.15) is 6.29 Å². The summed E-state index contributed by atoms with van der Waals surface area (Å²) < 4.78 is 0. The van der Waals surface area contributed by atoms with E-state index in [0.717, 1.165) is 11.6 Å². The molecule has 48 valence electrons.